The second-order valence-corrected chi connectivity index (χ2v) is 8.50. The molecule has 0 radical (unpaired) electrons. The largest absolute Gasteiger partial charge is 0.361 e. The summed E-state index contributed by atoms with van der Waals surface area (Å²) in [5.41, 5.74) is 2.53. The highest BCUT2D eigenvalue weighted by atomic mass is 32.2. The lowest BCUT2D eigenvalue weighted by Gasteiger charge is -2.23. The van der Waals surface area contributed by atoms with Gasteiger partial charge in [0.15, 0.2) is 0 Å². The van der Waals surface area contributed by atoms with Crippen molar-refractivity contribution in [2.24, 2.45) is 0 Å². The average Bonchev–Trinajstić information content (AvgIpc) is 3.21. The first kappa shape index (κ1) is 18.6. The molecule has 2 aromatic rings. The van der Waals surface area contributed by atoms with Crippen LogP contribution in [0, 0.1) is 20.8 Å². The number of rotatable bonds is 5. The molecule has 8 heteroatoms. The van der Waals surface area contributed by atoms with Crippen LogP contribution in [0.2, 0.25) is 0 Å². The Balaban J connectivity index is 1.75. The molecule has 1 fully saturated rings. The molecule has 3 rings (SSSR count). The lowest BCUT2D eigenvalue weighted by molar-refractivity contribution is -0.124. The maximum atomic E-state index is 12.9. The van der Waals surface area contributed by atoms with Crippen LogP contribution in [-0.2, 0) is 21.4 Å². The van der Waals surface area contributed by atoms with E-state index in [0.29, 0.717) is 25.1 Å². The summed E-state index contributed by atoms with van der Waals surface area (Å²) in [6.07, 6.45) is 1.17. The van der Waals surface area contributed by atoms with E-state index in [1.54, 1.807) is 31.2 Å². The molecule has 26 heavy (non-hydrogen) atoms. The Kier molecular flexibility index (Phi) is 5.15. The molecule has 1 aromatic heterocycles. The lowest BCUT2D eigenvalue weighted by Crippen LogP contribution is -2.45. The van der Waals surface area contributed by atoms with E-state index in [0.717, 1.165) is 16.8 Å². The second kappa shape index (κ2) is 7.20. The maximum absolute atomic E-state index is 12.9. The molecule has 1 N–H and O–H groups in total. The van der Waals surface area contributed by atoms with Crippen LogP contribution in [0.1, 0.15) is 35.4 Å². The summed E-state index contributed by atoms with van der Waals surface area (Å²) < 4.78 is 32.2. The Morgan fingerprint density at radius 2 is 1.96 bits per heavy atom. The zero-order valence-electron chi connectivity index (χ0n) is 15.2. The fourth-order valence-electron chi connectivity index (χ4n) is 3.18. The van der Waals surface area contributed by atoms with Crippen LogP contribution in [0.25, 0.3) is 0 Å². The van der Waals surface area contributed by atoms with Crippen LogP contribution in [-0.4, -0.2) is 36.4 Å². The van der Waals surface area contributed by atoms with Gasteiger partial charge in [-0.05, 0) is 45.7 Å². The first-order chi connectivity index (χ1) is 12.3. The molecule has 0 spiro atoms. The smallest absolute Gasteiger partial charge is 0.243 e. The van der Waals surface area contributed by atoms with E-state index in [4.69, 9.17) is 4.52 Å². The third-order valence-corrected chi connectivity index (χ3v) is 6.68. The van der Waals surface area contributed by atoms with Crippen LogP contribution in [0.4, 0.5) is 0 Å². The van der Waals surface area contributed by atoms with Gasteiger partial charge in [-0.3, -0.25) is 4.79 Å². The van der Waals surface area contributed by atoms with Crippen molar-refractivity contribution < 1.29 is 17.7 Å². The molecule has 7 nitrogen and oxygen atoms in total. The molecule has 0 bridgehead atoms. The molecule has 1 aromatic carbocycles. The number of aryl methyl sites for hydroxylation is 3. The van der Waals surface area contributed by atoms with E-state index in [1.807, 2.05) is 13.8 Å². The number of benzene rings is 1. The number of hydrogen-bond acceptors (Lipinski definition) is 5. The zero-order chi connectivity index (χ0) is 18.9. The Morgan fingerprint density at radius 3 is 2.58 bits per heavy atom. The summed E-state index contributed by atoms with van der Waals surface area (Å²) in [5, 5.41) is 6.69. The second-order valence-electron chi connectivity index (χ2n) is 6.61. The van der Waals surface area contributed by atoms with E-state index in [9.17, 15) is 13.2 Å². The zero-order valence-corrected chi connectivity index (χ0v) is 16.0. The predicted molar refractivity (Wildman–Crippen MR) is 95.9 cm³/mol. The summed E-state index contributed by atoms with van der Waals surface area (Å²) in [5.74, 6) is 0.358. The highest BCUT2D eigenvalue weighted by molar-refractivity contribution is 7.89. The quantitative estimate of drug-likeness (QED) is 0.861. The summed E-state index contributed by atoms with van der Waals surface area (Å²) >= 11 is 0. The van der Waals surface area contributed by atoms with Crippen LogP contribution < -0.4 is 5.32 Å². The van der Waals surface area contributed by atoms with Gasteiger partial charge in [-0.2, -0.15) is 4.31 Å². The van der Waals surface area contributed by atoms with Gasteiger partial charge in [-0.1, -0.05) is 22.9 Å². The van der Waals surface area contributed by atoms with Crippen molar-refractivity contribution in [2.45, 2.75) is 51.1 Å². The van der Waals surface area contributed by atoms with Crippen molar-refractivity contribution >= 4 is 15.9 Å². The van der Waals surface area contributed by atoms with Gasteiger partial charge < -0.3 is 9.84 Å². The third kappa shape index (κ3) is 3.52. The highest BCUT2D eigenvalue weighted by Gasteiger charge is 2.39. The van der Waals surface area contributed by atoms with E-state index >= 15 is 0 Å². The Bertz CT molecular complexity index is 884. The standard InChI is InChI=1S/C18H23N3O4S/c1-12-6-8-15(9-7-12)26(23,24)21-10-4-5-17(21)18(22)19-11-16-13(2)20-25-14(16)3/h6-9,17H,4-5,10-11H2,1-3H3,(H,19,22)/t17-/m0/s1. The molecule has 0 unspecified atom stereocenters. The van der Waals surface area contributed by atoms with Crippen molar-refractivity contribution in [2.75, 3.05) is 6.54 Å². The van der Waals surface area contributed by atoms with Gasteiger partial charge in [0.25, 0.3) is 0 Å². The number of sulfonamides is 1. The van der Waals surface area contributed by atoms with Crippen molar-refractivity contribution in [3.8, 4) is 0 Å². The van der Waals surface area contributed by atoms with Crippen molar-refractivity contribution in [3.05, 3.63) is 46.8 Å². The molecular weight excluding hydrogens is 354 g/mol. The third-order valence-electron chi connectivity index (χ3n) is 4.75. The van der Waals surface area contributed by atoms with Gasteiger partial charge in [0.1, 0.15) is 11.8 Å². The SMILES string of the molecule is Cc1ccc(S(=O)(=O)N2CCC[C@H]2C(=O)NCc2c(C)noc2C)cc1. The molecule has 140 valence electrons. The van der Waals surface area contributed by atoms with Gasteiger partial charge in [-0.25, -0.2) is 8.42 Å². The topological polar surface area (TPSA) is 92.5 Å². The van der Waals surface area contributed by atoms with Gasteiger partial charge in [0.05, 0.1) is 10.6 Å². The number of carbonyl (C=O) groups is 1. The monoisotopic (exact) mass is 377 g/mol. The minimum atomic E-state index is -3.70. The minimum Gasteiger partial charge on any atom is -0.361 e. The van der Waals surface area contributed by atoms with Gasteiger partial charge in [0, 0.05) is 18.7 Å². The fraction of sp³-hybridized carbons (Fsp3) is 0.444. The van der Waals surface area contributed by atoms with Crippen molar-refractivity contribution in [3.63, 3.8) is 0 Å². The van der Waals surface area contributed by atoms with Crippen molar-refractivity contribution in [1.29, 1.82) is 0 Å². The molecule has 1 atom stereocenters. The summed E-state index contributed by atoms with van der Waals surface area (Å²) in [4.78, 5) is 12.9. The number of carbonyl (C=O) groups excluding carboxylic acids is 1. The van der Waals surface area contributed by atoms with Crippen LogP contribution in [0.15, 0.2) is 33.7 Å². The van der Waals surface area contributed by atoms with Crippen LogP contribution in [0.5, 0.6) is 0 Å². The molecule has 2 heterocycles. The highest BCUT2D eigenvalue weighted by Crippen LogP contribution is 2.26. The molecule has 0 aliphatic carbocycles. The number of nitrogens with zero attached hydrogens (tertiary/aromatic N) is 2. The van der Waals surface area contributed by atoms with Crippen LogP contribution >= 0.6 is 0 Å². The van der Waals surface area contributed by atoms with Crippen LogP contribution in [0.3, 0.4) is 0 Å². The number of amides is 1. The number of aromatic nitrogens is 1. The first-order valence-electron chi connectivity index (χ1n) is 8.58. The maximum Gasteiger partial charge on any atom is 0.243 e. The fourth-order valence-corrected chi connectivity index (χ4v) is 4.84. The molecule has 1 aliphatic heterocycles. The normalized spacial score (nSPS) is 18.2. The van der Waals surface area contributed by atoms with Gasteiger partial charge in [-0.15, -0.1) is 0 Å². The molecule has 1 amide bonds. The van der Waals surface area contributed by atoms with Gasteiger partial charge in [0.2, 0.25) is 15.9 Å². The minimum absolute atomic E-state index is 0.216. The van der Waals surface area contributed by atoms with E-state index in [2.05, 4.69) is 10.5 Å². The van der Waals surface area contributed by atoms with E-state index < -0.39 is 16.1 Å². The first-order valence-corrected chi connectivity index (χ1v) is 10.0. The number of hydrogen-bond donors (Lipinski definition) is 1. The summed E-state index contributed by atoms with van der Waals surface area (Å²) in [6, 6.07) is 6.00. The summed E-state index contributed by atoms with van der Waals surface area (Å²) in [6.45, 7) is 6.11. The summed E-state index contributed by atoms with van der Waals surface area (Å²) in [7, 11) is -3.70. The van der Waals surface area contributed by atoms with E-state index in [1.165, 1.54) is 4.31 Å². The molecule has 1 aliphatic rings. The Labute approximate surface area is 153 Å². The van der Waals surface area contributed by atoms with E-state index in [-0.39, 0.29) is 17.3 Å². The lowest BCUT2D eigenvalue weighted by atomic mass is 10.2. The van der Waals surface area contributed by atoms with Crippen molar-refractivity contribution in [1.82, 2.24) is 14.8 Å². The Hall–Kier alpha value is -2.19. The molecule has 0 saturated carbocycles. The number of nitrogens with one attached hydrogen (secondary N) is 1. The molecule has 1 saturated heterocycles. The Morgan fingerprint density at radius 1 is 1.27 bits per heavy atom. The molecular formula is C18H23N3O4S. The average molecular weight is 377 g/mol. The van der Waals surface area contributed by atoms with Gasteiger partial charge >= 0.3 is 0 Å². The predicted octanol–water partition coefficient (Wildman–Crippen LogP) is 2.07.